The zero-order valence-electron chi connectivity index (χ0n) is 29.6. The number of hydrogen-bond donors (Lipinski definition) is 0. The molecule has 0 saturated heterocycles. The van der Waals surface area contributed by atoms with Crippen molar-refractivity contribution in [1.82, 2.24) is 0 Å². The van der Waals surface area contributed by atoms with Gasteiger partial charge in [0.25, 0.3) is 0 Å². The molecule has 54 heavy (non-hydrogen) atoms. The van der Waals surface area contributed by atoms with Gasteiger partial charge in [-0.1, -0.05) is 152 Å². The summed E-state index contributed by atoms with van der Waals surface area (Å²) >= 11 is 0. The predicted molar refractivity (Wildman–Crippen MR) is 228 cm³/mol. The Kier molecular flexibility index (Phi) is 7.85. The zero-order valence-corrected chi connectivity index (χ0v) is 29.6. The van der Waals surface area contributed by atoms with Crippen LogP contribution in [0.2, 0.25) is 0 Å². The Morgan fingerprint density at radius 1 is 0.278 bits per heavy atom. The number of benzene rings is 9. The lowest BCUT2D eigenvalue weighted by molar-refractivity contribution is 0.669. The lowest BCUT2D eigenvalue weighted by Gasteiger charge is -2.26. The molecule has 0 N–H and O–H groups in total. The van der Waals surface area contributed by atoms with Crippen LogP contribution in [0.3, 0.4) is 0 Å². The first kappa shape index (κ1) is 31.6. The molecule has 0 spiro atoms. The Morgan fingerprint density at radius 3 is 1.56 bits per heavy atom. The van der Waals surface area contributed by atoms with E-state index in [1.54, 1.807) is 0 Å². The maximum Gasteiger partial charge on any atom is 0.135 e. The number of rotatable bonds is 7. The Balaban J connectivity index is 1.05. The largest absolute Gasteiger partial charge is 0.456 e. The summed E-state index contributed by atoms with van der Waals surface area (Å²) in [4.78, 5) is 2.36. The topological polar surface area (TPSA) is 16.4 Å². The van der Waals surface area contributed by atoms with Gasteiger partial charge in [-0.3, -0.25) is 0 Å². The molecular weight excluding hydrogens is 655 g/mol. The van der Waals surface area contributed by atoms with Crippen LogP contribution in [-0.2, 0) is 0 Å². The normalized spacial score (nSPS) is 11.3. The molecule has 9 aromatic carbocycles. The second-order valence-electron chi connectivity index (χ2n) is 13.8. The van der Waals surface area contributed by atoms with Gasteiger partial charge in [0.05, 0.1) is 0 Å². The average Bonchev–Trinajstić information content (AvgIpc) is 3.63. The average molecular weight is 690 g/mol. The van der Waals surface area contributed by atoms with Crippen molar-refractivity contribution in [3.8, 4) is 44.5 Å². The van der Waals surface area contributed by atoms with E-state index in [9.17, 15) is 0 Å². The third-order valence-electron chi connectivity index (χ3n) is 10.5. The summed E-state index contributed by atoms with van der Waals surface area (Å²) < 4.78 is 6.11. The number of hydrogen-bond acceptors (Lipinski definition) is 2. The highest BCUT2D eigenvalue weighted by atomic mass is 16.3. The van der Waals surface area contributed by atoms with Crippen LogP contribution in [0.5, 0.6) is 0 Å². The summed E-state index contributed by atoms with van der Waals surface area (Å²) in [5.74, 6) is 0. The van der Waals surface area contributed by atoms with Gasteiger partial charge in [0.1, 0.15) is 11.2 Å². The van der Waals surface area contributed by atoms with Crippen molar-refractivity contribution in [3.63, 3.8) is 0 Å². The number of nitrogens with zero attached hydrogens (tertiary/aromatic N) is 1. The highest BCUT2D eigenvalue weighted by Crippen LogP contribution is 2.40. The van der Waals surface area contributed by atoms with Crippen LogP contribution in [0.15, 0.2) is 217 Å². The molecule has 0 radical (unpaired) electrons. The van der Waals surface area contributed by atoms with Crippen molar-refractivity contribution >= 4 is 49.8 Å². The third kappa shape index (κ3) is 5.81. The fraction of sp³-hybridized carbons (Fsp3) is 0. The highest BCUT2D eigenvalue weighted by Gasteiger charge is 2.16. The molecule has 1 aromatic heterocycles. The van der Waals surface area contributed by atoms with Crippen molar-refractivity contribution in [2.75, 3.05) is 4.90 Å². The lowest BCUT2D eigenvalue weighted by atomic mass is 9.97. The van der Waals surface area contributed by atoms with Crippen LogP contribution >= 0.6 is 0 Å². The van der Waals surface area contributed by atoms with Crippen molar-refractivity contribution in [1.29, 1.82) is 0 Å². The quantitative estimate of drug-likeness (QED) is 0.166. The van der Waals surface area contributed by atoms with E-state index in [0.29, 0.717) is 0 Å². The van der Waals surface area contributed by atoms with E-state index >= 15 is 0 Å². The lowest BCUT2D eigenvalue weighted by Crippen LogP contribution is -2.10. The highest BCUT2D eigenvalue weighted by molar-refractivity contribution is 6.06. The molecular formula is C52H35NO. The van der Waals surface area contributed by atoms with Gasteiger partial charge in [0.15, 0.2) is 0 Å². The zero-order chi connectivity index (χ0) is 35.8. The molecule has 1 heterocycles. The maximum absolute atomic E-state index is 6.11. The Hall–Kier alpha value is -7.16. The Bertz CT molecular complexity index is 2920. The van der Waals surface area contributed by atoms with E-state index in [0.717, 1.165) is 50.1 Å². The van der Waals surface area contributed by atoms with Gasteiger partial charge in [0.2, 0.25) is 0 Å². The number of fused-ring (bicyclic) bond motifs is 4. The summed E-state index contributed by atoms with van der Waals surface area (Å²) in [6.45, 7) is 0. The SMILES string of the molecule is c1ccc(-c2cccc(-c3ccc(N(c4ccc(-c5ccc6oc7ccccc7c6c5)cc4)c4cccc(-c5cccc6ccccc56)c4)cc3)c2)cc1. The summed E-state index contributed by atoms with van der Waals surface area (Å²) in [6, 6.07) is 76.0. The van der Waals surface area contributed by atoms with Gasteiger partial charge in [0, 0.05) is 27.8 Å². The fourth-order valence-electron chi connectivity index (χ4n) is 7.76. The minimum Gasteiger partial charge on any atom is -0.456 e. The van der Waals surface area contributed by atoms with Crippen LogP contribution in [0.4, 0.5) is 17.1 Å². The molecule has 0 amide bonds. The first-order chi connectivity index (χ1) is 26.7. The standard InChI is InChI=1S/C52H35NO/c1-2-11-36(12-3-1)40-15-8-16-41(33-40)37-23-28-44(29-24-37)53(46-18-9-17-43(34-46)48-21-10-14-39-13-4-5-19-47(39)48)45-30-25-38(26-31-45)42-27-32-52-50(35-42)49-20-6-7-22-51(49)54-52/h1-35H. The van der Waals surface area contributed by atoms with Gasteiger partial charge in [-0.2, -0.15) is 0 Å². The van der Waals surface area contributed by atoms with Crippen molar-refractivity contribution in [2.45, 2.75) is 0 Å². The summed E-state index contributed by atoms with van der Waals surface area (Å²) in [7, 11) is 0. The molecule has 2 nitrogen and oxygen atoms in total. The summed E-state index contributed by atoms with van der Waals surface area (Å²) in [5, 5.41) is 4.76. The number of para-hydroxylation sites is 1. The van der Waals surface area contributed by atoms with Gasteiger partial charge in [-0.05, 0) is 116 Å². The van der Waals surface area contributed by atoms with Crippen LogP contribution in [0, 0.1) is 0 Å². The second-order valence-corrected chi connectivity index (χ2v) is 13.8. The van der Waals surface area contributed by atoms with Gasteiger partial charge < -0.3 is 9.32 Å². The fourth-order valence-corrected chi connectivity index (χ4v) is 7.76. The molecule has 0 aliphatic rings. The molecule has 10 rings (SSSR count). The smallest absolute Gasteiger partial charge is 0.135 e. The molecule has 0 fully saturated rings. The second kappa shape index (κ2) is 13.4. The van der Waals surface area contributed by atoms with Crippen LogP contribution in [0.25, 0.3) is 77.2 Å². The minimum absolute atomic E-state index is 0.907. The van der Waals surface area contributed by atoms with E-state index in [1.165, 1.54) is 44.2 Å². The summed E-state index contributed by atoms with van der Waals surface area (Å²) in [6.07, 6.45) is 0. The number of anilines is 3. The van der Waals surface area contributed by atoms with E-state index in [2.05, 4.69) is 205 Å². The molecule has 0 unspecified atom stereocenters. The van der Waals surface area contributed by atoms with Crippen LogP contribution < -0.4 is 4.90 Å². The van der Waals surface area contributed by atoms with Gasteiger partial charge in [-0.25, -0.2) is 0 Å². The van der Waals surface area contributed by atoms with E-state index < -0.39 is 0 Å². The number of furan rings is 1. The molecule has 10 aromatic rings. The van der Waals surface area contributed by atoms with Crippen LogP contribution in [0.1, 0.15) is 0 Å². The Morgan fingerprint density at radius 2 is 0.796 bits per heavy atom. The predicted octanol–water partition coefficient (Wildman–Crippen LogP) is 14.9. The van der Waals surface area contributed by atoms with Crippen molar-refractivity contribution in [2.24, 2.45) is 0 Å². The van der Waals surface area contributed by atoms with Crippen molar-refractivity contribution < 1.29 is 4.42 Å². The van der Waals surface area contributed by atoms with Crippen LogP contribution in [-0.4, -0.2) is 0 Å². The molecule has 0 atom stereocenters. The summed E-state index contributed by atoms with van der Waals surface area (Å²) in [5.41, 5.74) is 14.6. The van der Waals surface area contributed by atoms with Gasteiger partial charge >= 0.3 is 0 Å². The monoisotopic (exact) mass is 689 g/mol. The molecule has 254 valence electrons. The Labute approximate surface area is 314 Å². The minimum atomic E-state index is 0.907. The first-order valence-electron chi connectivity index (χ1n) is 18.4. The van der Waals surface area contributed by atoms with E-state index in [4.69, 9.17) is 4.42 Å². The molecule has 0 saturated carbocycles. The first-order valence-corrected chi connectivity index (χ1v) is 18.4. The third-order valence-corrected chi connectivity index (χ3v) is 10.5. The molecule has 0 aliphatic carbocycles. The molecule has 2 heteroatoms. The van der Waals surface area contributed by atoms with E-state index in [-0.39, 0.29) is 0 Å². The maximum atomic E-state index is 6.11. The molecule has 0 aliphatic heterocycles. The van der Waals surface area contributed by atoms with E-state index in [1.807, 2.05) is 12.1 Å². The van der Waals surface area contributed by atoms with Crippen molar-refractivity contribution in [3.05, 3.63) is 212 Å². The van der Waals surface area contributed by atoms with Gasteiger partial charge in [-0.15, -0.1) is 0 Å². The molecule has 0 bridgehead atoms.